The number of nitrogens with zero attached hydrogens (tertiary/aromatic N) is 2. The van der Waals surface area contributed by atoms with Crippen LogP contribution in [-0.2, 0) is 0 Å². The second-order valence-corrected chi connectivity index (χ2v) is 7.48. The van der Waals surface area contributed by atoms with E-state index in [4.69, 9.17) is 9.47 Å². The Bertz CT molecular complexity index is 1110. The Morgan fingerprint density at radius 3 is 2.83 bits per heavy atom. The lowest BCUT2D eigenvalue weighted by Gasteiger charge is -2.33. The summed E-state index contributed by atoms with van der Waals surface area (Å²) in [5.41, 5.74) is 2.64. The number of H-pyrrole nitrogens is 1. The van der Waals surface area contributed by atoms with Crippen LogP contribution in [0.2, 0.25) is 0 Å². The predicted molar refractivity (Wildman–Crippen MR) is 104 cm³/mol. The fraction of sp³-hybridized carbons (Fsp3) is 0.273. The quantitative estimate of drug-likeness (QED) is 0.705. The van der Waals surface area contributed by atoms with E-state index in [0.717, 1.165) is 30.2 Å². The minimum atomic E-state index is -0.900. The van der Waals surface area contributed by atoms with Crippen LogP contribution in [0.15, 0.2) is 42.6 Å². The number of ether oxygens (including phenoxy) is 2. The Hall–Kier alpha value is -3.42. The zero-order chi connectivity index (χ0) is 20.7. The summed E-state index contributed by atoms with van der Waals surface area (Å²) >= 11 is 0. The van der Waals surface area contributed by atoms with Gasteiger partial charge in [-0.2, -0.15) is 5.10 Å². The fourth-order valence-electron chi connectivity index (χ4n) is 4.11. The number of carbonyl (C=O) groups is 1. The van der Waals surface area contributed by atoms with E-state index in [1.807, 2.05) is 4.90 Å². The number of piperidine rings is 1. The predicted octanol–water partition coefficient (Wildman–Crippen LogP) is 4.10. The maximum absolute atomic E-state index is 13.7. The molecule has 0 spiro atoms. The molecule has 1 amide bonds. The number of aromatic amines is 1. The SMILES string of the molecule is O=C(c1ccc2c(c1)OCO2)N1CCC[C@H](c2[nH]ncc2-c2ccc(F)c(F)c2)C1. The van der Waals surface area contributed by atoms with Gasteiger partial charge in [-0.25, -0.2) is 8.78 Å². The molecule has 0 radical (unpaired) electrons. The molecule has 0 bridgehead atoms. The van der Waals surface area contributed by atoms with Crippen molar-refractivity contribution in [2.45, 2.75) is 18.8 Å². The lowest BCUT2D eigenvalue weighted by atomic mass is 9.90. The van der Waals surface area contributed by atoms with E-state index in [9.17, 15) is 13.6 Å². The number of fused-ring (bicyclic) bond motifs is 1. The molecule has 2 aliphatic heterocycles. The van der Waals surface area contributed by atoms with Gasteiger partial charge in [0.1, 0.15) is 0 Å². The average Bonchev–Trinajstić information content (AvgIpc) is 3.44. The number of aromatic nitrogens is 2. The van der Waals surface area contributed by atoms with Crippen LogP contribution in [0.4, 0.5) is 8.78 Å². The van der Waals surface area contributed by atoms with Crippen LogP contribution in [-0.4, -0.2) is 40.9 Å². The molecule has 2 aromatic carbocycles. The lowest BCUT2D eigenvalue weighted by Crippen LogP contribution is -2.39. The van der Waals surface area contributed by atoms with Crippen molar-refractivity contribution in [2.75, 3.05) is 19.9 Å². The summed E-state index contributed by atoms with van der Waals surface area (Å²) in [4.78, 5) is 14.9. The summed E-state index contributed by atoms with van der Waals surface area (Å²) in [6.45, 7) is 1.32. The molecule has 1 fully saturated rings. The van der Waals surface area contributed by atoms with Crippen LogP contribution < -0.4 is 9.47 Å². The molecule has 3 aromatic rings. The number of nitrogens with one attached hydrogen (secondary N) is 1. The third-order valence-electron chi connectivity index (χ3n) is 5.64. The van der Waals surface area contributed by atoms with Gasteiger partial charge in [0, 0.05) is 35.8 Å². The van der Waals surface area contributed by atoms with E-state index in [1.165, 1.54) is 12.1 Å². The topological polar surface area (TPSA) is 67.5 Å². The zero-order valence-electron chi connectivity index (χ0n) is 16.0. The van der Waals surface area contributed by atoms with Crippen molar-refractivity contribution in [1.82, 2.24) is 15.1 Å². The minimum Gasteiger partial charge on any atom is -0.454 e. The van der Waals surface area contributed by atoms with E-state index in [0.29, 0.717) is 35.7 Å². The number of benzene rings is 2. The summed E-state index contributed by atoms with van der Waals surface area (Å²) in [7, 11) is 0. The third-order valence-corrected chi connectivity index (χ3v) is 5.64. The summed E-state index contributed by atoms with van der Waals surface area (Å²) < 4.78 is 37.7. The van der Waals surface area contributed by atoms with Gasteiger partial charge >= 0.3 is 0 Å². The third kappa shape index (κ3) is 3.28. The van der Waals surface area contributed by atoms with Gasteiger partial charge < -0.3 is 14.4 Å². The van der Waals surface area contributed by atoms with Crippen LogP contribution in [0.25, 0.3) is 11.1 Å². The summed E-state index contributed by atoms with van der Waals surface area (Å²) in [6.07, 6.45) is 3.31. The van der Waals surface area contributed by atoms with E-state index < -0.39 is 11.6 Å². The van der Waals surface area contributed by atoms with Crippen LogP contribution in [0.3, 0.4) is 0 Å². The van der Waals surface area contributed by atoms with Gasteiger partial charge in [0.2, 0.25) is 6.79 Å². The van der Waals surface area contributed by atoms with Crippen molar-refractivity contribution in [3.8, 4) is 22.6 Å². The van der Waals surface area contributed by atoms with Gasteiger partial charge in [-0.3, -0.25) is 9.89 Å². The number of hydrogen-bond acceptors (Lipinski definition) is 4. The number of carbonyl (C=O) groups excluding carboxylic acids is 1. The highest BCUT2D eigenvalue weighted by Crippen LogP contribution is 2.36. The number of likely N-dealkylation sites (tertiary alicyclic amines) is 1. The smallest absolute Gasteiger partial charge is 0.254 e. The highest BCUT2D eigenvalue weighted by molar-refractivity contribution is 5.95. The Labute approximate surface area is 171 Å². The maximum atomic E-state index is 13.7. The number of halogens is 2. The molecule has 6 nitrogen and oxygen atoms in total. The molecule has 1 atom stereocenters. The van der Waals surface area contributed by atoms with Crippen LogP contribution in [0, 0.1) is 11.6 Å². The van der Waals surface area contributed by atoms with Crippen molar-refractivity contribution < 1.29 is 23.0 Å². The van der Waals surface area contributed by atoms with E-state index >= 15 is 0 Å². The monoisotopic (exact) mass is 411 g/mol. The Balaban J connectivity index is 1.38. The van der Waals surface area contributed by atoms with E-state index in [1.54, 1.807) is 24.4 Å². The minimum absolute atomic E-state index is 0.0160. The molecule has 1 N–H and O–H groups in total. The molecule has 0 unspecified atom stereocenters. The van der Waals surface area contributed by atoms with E-state index in [2.05, 4.69) is 10.2 Å². The zero-order valence-corrected chi connectivity index (χ0v) is 16.0. The molecule has 30 heavy (non-hydrogen) atoms. The average molecular weight is 411 g/mol. The van der Waals surface area contributed by atoms with Crippen molar-refractivity contribution in [2.24, 2.45) is 0 Å². The van der Waals surface area contributed by atoms with Crippen LogP contribution in [0.5, 0.6) is 11.5 Å². The highest BCUT2D eigenvalue weighted by atomic mass is 19.2. The first-order chi connectivity index (χ1) is 14.6. The fourth-order valence-corrected chi connectivity index (χ4v) is 4.11. The van der Waals surface area contributed by atoms with Gasteiger partial charge in [0.05, 0.1) is 6.20 Å². The second kappa shape index (κ2) is 7.44. The molecular weight excluding hydrogens is 392 g/mol. The van der Waals surface area contributed by atoms with Crippen LogP contribution in [0.1, 0.15) is 34.8 Å². The largest absolute Gasteiger partial charge is 0.454 e. The lowest BCUT2D eigenvalue weighted by molar-refractivity contribution is 0.0705. The molecule has 1 saturated heterocycles. The van der Waals surface area contributed by atoms with Crippen molar-refractivity contribution >= 4 is 5.91 Å². The Kier molecular flexibility index (Phi) is 4.61. The van der Waals surface area contributed by atoms with Crippen molar-refractivity contribution in [1.29, 1.82) is 0 Å². The van der Waals surface area contributed by atoms with Gasteiger partial charge in [-0.05, 0) is 48.7 Å². The summed E-state index contributed by atoms with van der Waals surface area (Å²) in [5, 5.41) is 7.12. The van der Waals surface area contributed by atoms with Gasteiger partial charge in [0.15, 0.2) is 23.1 Å². The normalized spacial score (nSPS) is 17.9. The summed E-state index contributed by atoms with van der Waals surface area (Å²) in [5.74, 6) is -0.639. The molecule has 154 valence electrons. The van der Waals surface area contributed by atoms with Gasteiger partial charge in [-0.15, -0.1) is 0 Å². The molecule has 1 aromatic heterocycles. The second-order valence-electron chi connectivity index (χ2n) is 7.48. The number of hydrogen-bond donors (Lipinski definition) is 1. The van der Waals surface area contributed by atoms with Gasteiger partial charge in [0.25, 0.3) is 5.91 Å². The number of amides is 1. The molecule has 3 heterocycles. The first-order valence-corrected chi connectivity index (χ1v) is 9.78. The van der Waals surface area contributed by atoms with Crippen LogP contribution >= 0.6 is 0 Å². The molecule has 0 saturated carbocycles. The molecule has 8 heteroatoms. The number of rotatable bonds is 3. The first-order valence-electron chi connectivity index (χ1n) is 9.78. The maximum Gasteiger partial charge on any atom is 0.254 e. The molecule has 5 rings (SSSR count). The first kappa shape index (κ1) is 18.6. The van der Waals surface area contributed by atoms with E-state index in [-0.39, 0.29) is 18.6 Å². The Morgan fingerprint density at radius 1 is 1.10 bits per heavy atom. The van der Waals surface area contributed by atoms with Gasteiger partial charge in [-0.1, -0.05) is 6.07 Å². The van der Waals surface area contributed by atoms with Crippen molar-refractivity contribution in [3.05, 3.63) is 65.5 Å². The molecular formula is C22H19F2N3O3. The molecule has 0 aliphatic carbocycles. The standard InChI is InChI=1S/C22H19F2N3O3/c23-17-5-3-13(8-18(17)24)16-10-25-26-21(16)15-2-1-7-27(11-15)22(28)14-4-6-19-20(9-14)30-12-29-19/h3-6,8-10,15H,1-2,7,11-12H2,(H,25,26)/t15-/m0/s1. The highest BCUT2D eigenvalue weighted by Gasteiger charge is 2.29. The van der Waals surface area contributed by atoms with Crippen molar-refractivity contribution in [3.63, 3.8) is 0 Å². The molecule has 2 aliphatic rings. The summed E-state index contributed by atoms with van der Waals surface area (Å²) in [6, 6.07) is 9.00. The Morgan fingerprint density at radius 2 is 1.97 bits per heavy atom.